The highest BCUT2D eigenvalue weighted by atomic mass is 32.1. The van der Waals surface area contributed by atoms with Gasteiger partial charge in [-0.05, 0) is 12.8 Å². The maximum absolute atomic E-state index is 10.5. The van der Waals surface area contributed by atoms with Gasteiger partial charge in [-0.2, -0.15) is 0 Å². The van der Waals surface area contributed by atoms with Crippen LogP contribution in [0, 0.1) is 0 Å². The van der Waals surface area contributed by atoms with Crippen molar-refractivity contribution in [2.24, 2.45) is 0 Å². The first-order chi connectivity index (χ1) is 8.67. The molecule has 7 heteroatoms. The Kier molecular flexibility index (Phi) is 4.03. The Hall–Kier alpha value is -1.76. The molecule has 2 aromatic heterocycles. The SMILES string of the molecule is CCCc1nc(Cn2cc(CC(=O)O)nn2)cs1. The van der Waals surface area contributed by atoms with Gasteiger partial charge in [-0.3, -0.25) is 4.79 Å². The summed E-state index contributed by atoms with van der Waals surface area (Å²) in [6.07, 6.45) is 3.62. The molecule has 2 heterocycles. The van der Waals surface area contributed by atoms with Gasteiger partial charge < -0.3 is 5.11 Å². The fourth-order valence-electron chi connectivity index (χ4n) is 1.57. The summed E-state index contributed by atoms with van der Waals surface area (Å²) in [5, 5.41) is 19.5. The van der Waals surface area contributed by atoms with Gasteiger partial charge in [0.25, 0.3) is 0 Å². The van der Waals surface area contributed by atoms with Gasteiger partial charge in [0, 0.05) is 11.6 Å². The molecule has 0 spiro atoms. The van der Waals surface area contributed by atoms with E-state index in [1.54, 1.807) is 22.2 Å². The lowest BCUT2D eigenvalue weighted by Gasteiger charge is -1.95. The predicted octanol–water partition coefficient (Wildman–Crippen LogP) is 1.36. The van der Waals surface area contributed by atoms with E-state index >= 15 is 0 Å². The number of hydrogen-bond donors (Lipinski definition) is 1. The van der Waals surface area contributed by atoms with Crippen molar-refractivity contribution < 1.29 is 9.90 Å². The molecule has 0 aromatic carbocycles. The van der Waals surface area contributed by atoms with Gasteiger partial charge >= 0.3 is 5.97 Å². The minimum absolute atomic E-state index is 0.0991. The molecular weight excluding hydrogens is 252 g/mol. The molecule has 0 aliphatic heterocycles. The number of hydrogen-bond acceptors (Lipinski definition) is 5. The summed E-state index contributed by atoms with van der Waals surface area (Å²) in [5.74, 6) is -0.902. The topological polar surface area (TPSA) is 80.9 Å². The van der Waals surface area contributed by atoms with Gasteiger partial charge in [0.2, 0.25) is 0 Å². The number of carboxylic acid groups (broad SMARTS) is 1. The molecule has 0 saturated heterocycles. The molecule has 0 unspecified atom stereocenters. The number of thiazole rings is 1. The van der Waals surface area contributed by atoms with Crippen LogP contribution in [0.1, 0.15) is 29.7 Å². The summed E-state index contributed by atoms with van der Waals surface area (Å²) < 4.78 is 1.61. The van der Waals surface area contributed by atoms with E-state index in [0.29, 0.717) is 12.2 Å². The number of aryl methyl sites for hydroxylation is 1. The number of aliphatic carboxylic acids is 1. The van der Waals surface area contributed by atoms with Crippen LogP contribution < -0.4 is 0 Å². The summed E-state index contributed by atoms with van der Waals surface area (Å²) in [6, 6.07) is 0. The molecule has 0 aliphatic rings. The normalized spacial score (nSPS) is 10.7. The van der Waals surface area contributed by atoms with Crippen molar-refractivity contribution in [1.82, 2.24) is 20.0 Å². The first-order valence-corrected chi connectivity index (χ1v) is 6.59. The molecule has 0 fully saturated rings. The van der Waals surface area contributed by atoms with Crippen LogP contribution in [0.25, 0.3) is 0 Å². The van der Waals surface area contributed by atoms with Crippen LogP contribution in [-0.4, -0.2) is 31.1 Å². The largest absolute Gasteiger partial charge is 0.481 e. The first-order valence-electron chi connectivity index (χ1n) is 5.71. The Morgan fingerprint density at radius 2 is 2.33 bits per heavy atom. The lowest BCUT2D eigenvalue weighted by Crippen LogP contribution is -2.01. The summed E-state index contributed by atoms with van der Waals surface area (Å²) in [5.41, 5.74) is 1.40. The molecule has 0 radical (unpaired) electrons. The van der Waals surface area contributed by atoms with E-state index in [2.05, 4.69) is 22.2 Å². The summed E-state index contributed by atoms with van der Waals surface area (Å²) in [4.78, 5) is 15.0. The van der Waals surface area contributed by atoms with E-state index in [4.69, 9.17) is 5.11 Å². The van der Waals surface area contributed by atoms with E-state index in [0.717, 1.165) is 23.5 Å². The minimum atomic E-state index is -0.902. The highest BCUT2D eigenvalue weighted by molar-refractivity contribution is 7.09. The van der Waals surface area contributed by atoms with Crippen molar-refractivity contribution in [3.8, 4) is 0 Å². The fraction of sp³-hybridized carbons (Fsp3) is 0.455. The second kappa shape index (κ2) is 5.72. The van der Waals surface area contributed by atoms with Crippen LogP contribution in [0.2, 0.25) is 0 Å². The molecule has 0 bridgehead atoms. The highest BCUT2D eigenvalue weighted by Gasteiger charge is 2.07. The van der Waals surface area contributed by atoms with Gasteiger partial charge in [-0.15, -0.1) is 16.4 Å². The maximum Gasteiger partial charge on any atom is 0.309 e. The molecule has 0 aliphatic carbocycles. The maximum atomic E-state index is 10.5. The van der Waals surface area contributed by atoms with Gasteiger partial charge in [-0.1, -0.05) is 12.1 Å². The van der Waals surface area contributed by atoms with Crippen molar-refractivity contribution in [2.45, 2.75) is 32.7 Å². The number of rotatable bonds is 6. The molecule has 1 N–H and O–H groups in total. The number of aromatic nitrogens is 4. The van der Waals surface area contributed by atoms with Gasteiger partial charge in [-0.25, -0.2) is 9.67 Å². The Labute approximate surface area is 108 Å². The van der Waals surface area contributed by atoms with Crippen LogP contribution in [0.3, 0.4) is 0 Å². The van der Waals surface area contributed by atoms with Gasteiger partial charge in [0.05, 0.1) is 29.4 Å². The average Bonchev–Trinajstić information content (AvgIpc) is 2.89. The Balaban J connectivity index is 1.99. The van der Waals surface area contributed by atoms with Crippen LogP contribution in [0.4, 0.5) is 0 Å². The minimum Gasteiger partial charge on any atom is -0.481 e. The van der Waals surface area contributed by atoms with Crippen molar-refractivity contribution >= 4 is 17.3 Å². The van der Waals surface area contributed by atoms with E-state index in [-0.39, 0.29) is 6.42 Å². The van der Waals surface area contributed by atoms with Crippen LogP contribution in [0.15, 0.2) is 11.6 Å². The van der Waals surface area contributed by atoms with Crippen LogP contribution in [-0.2, 0) is 24.2 Å². The number of carboxylic acids is 1. The lowest BCUT2D eigenvalue weighted by atomic mass is 10.3. The summed E-state index contributed by atoms with van der Waals surface area (Å²) >= 11 is 1.64. The van der Waals surface area contributed by atoms with E-state index < -0.39 is 5.97 Å². The van der Waals surface area contributed by atoms with E-state index in [9.17, 15) is 4.79 Å². The van der Waals surface area contributed by atoms with Gasteiger partial charge in [0.15, 0.2) is 0 Å². The zero-order valence-corrected chi connectivity index (χ0v) is 10.9. The van der Waals surface area contributed by atoms with Gasteiger partial charge in [0.1, 0.15) is 0 Å². The zero-order chi connectivity index (χ0) is 13.0. The van der Waals surface area contributed by atoms with Crippen molar-refractivity contribution in [3.63, 3.8) is 0 Å². The second-order valence-corrected chi connectivity index (χ2v) is 4.90. The third-order valence-corrected chi connectivity index (χ3v) is 3.26. The van der Waals surface area contributed by atoms with Crippen LogP contribution in [0.5, 0.6) is 0 Å². The molecular formula is C11H14N4O2S. The smallest absolute Gasteiger partial charge is 0.309 e. The predicted molar refractivity (Wildman–Crippen MR) is 66.6 cm³/mol. The van der Waals surface area contributed by atoms with E-state index in [1.807, 2.05) is 5.38 Å². The average molecular weight is 266 g/mol. The van der Waals surface area contributed by atoms with Crippen molar-refractivity contribution in [2.75, 3.05) is 0 Å². The highest BCUT2D eigenvalue weighted by Crippen LogP contribution is 2.12. The monoisotopic (exact) mass is 266 g/mol. The molecule has 0 atom stereocenters. The molecule has 2 aromatic rings. The molecule has 0 amide bonds. The summed E-state index contributed by atoms with van der Waals surface area (Å²) in [6.45, 7) is 2.66. The standard InChI is InChI=1S/C11H14N4O2S/c1-2-3-10-12-9(7-18-10)6-15-5-8(13-14-15)4-11(16)17/h5,7H,2-4,6H2,1H3,(H,16,17). The number of carbonyl (C=O) groups is 1. The lowest BCUT2D eigenvalue weighted by molar-refractivity contribution is -0.136. The molecule has 96 valence electrons. The Morgan fingerprint density at radius 3 is 3.06 bits per heavy atom. The fourth-order valence-corrected chi connectivity index (χ4v) is 2.46. The number of nitrogens with zero attached hydrogens (tertiary/aromatic N) is 4. The van der Waals surface area contributed by atoms with Crippen molar-refractivity contribution in [1.29, 1.82) is 0 Å². The molecule has 18 heavy (non-hydrogen) atoms. The zero-order valence-electron chi connectivity index (χ0n) is 10.0. The quantitative estimate of drug-likeness (QED) is 0.853. The first kappa shape index (κ1) is 12.7. The third kappa shape index (κ3) is 3.36. The van der Waals surface area contributed by atoms with Crippen molar-refractivity contribution in [3.05, 3.63) is 28.0 Å². The molecule has 6 nitrogen and oxygen atoms in total. The van der Waals surface area contributed by atoms with Crippen LogP contribution >= 0.6 is 11.3 Å². The summed E-state index contributed by atoms with van der Waals surface area (Å²) in [7, 11) is 0. The van der Waals surface area contributed by atoms with E-state index in [1.165, 1.54) is 0 Å². The third-order valence-electron chi connectivity index (χ3n) is 2.31. The molecule has 2 rings (SSSR count). The second-order valence-electron chi connectivity index (χ2n) is 3.96. The Bertz CT molecular complexity index is 535. The molecule has 0 saturated carbocycles. The Morgan fingerprint density at radius 1 is 1.50 bits per heavy atom.